The van der Waals surface area contributed by atoms with Gasteiger partial charge in [-0.05, 0) is 38.8 Å². The Balaban J connectivity index is 2.57. The Morgan fingerprint density at radius 1 is 1.62 bits per heavy atom. The molecule has 3 N–H and O–H groups in total. The Labute approximate surface area is 80.9 Å². The summed E-state index contributed by atoms with van der Waals surface area (Å²) >= 11 is 0. The second kappa shape index (κ2) is 4.40. The molecule has 0 aromatic heterocycles. The lowest BCUT2D eigenvalue weighted by Crippen LogP contribution is -2.55. The minimum atomic E-state index is -0.352. The van der Waals surface area contributed by atoms with E-state index in [0.29, 0.717) is 5.92 Å². The zero-order chi connectivity index (χ0) is 9.90. The molecule has 78 valence electrons. The van der Waals surface area contributed by atoms with Gasteiger partial charge in [0, 0.05) is 12.1 Å². The molecule has 0 aromatic rings. The molecule has 2 atom stereocenters. The molecule has 2 unspecified atom stereocenters. The third kappa shape index (κ3) is 2.42. The molecule has 0 saturated carbocycles. The monoisotopic (exact) mass is 186 g/mol. The van der Waals surface area contributed by atoms with Crippen molar-refractivity contribution >= 4 is 0 Å². The Morgan fingerprint density at radius 2 is 2.31 bits per heavy atom. The molecule has 1 aliphatic rings. The molecule has 1 aliphatic heterocycles. The number of hydrogen-bond acceptors (Lipinski definition) is 3. The maximum absolute atomic E-state index is 9.28. The second-order valence-electron chi connectivity index (χ2n) is 4.35. The van der Waals surface area contributed by atoms with E-state index in [4.69, 9.17) is 5.73 Å². The topological polar surface area (TPSA) is 49.5 Å². The number of hydrogen-bond donors (Lipinski definition) is 2. The molecule has 13 heavy (non-hydrogen) atoms. The van der Waals surface area contributed by atoms with Crippen LogP contribution in [-0.2, 0) is 0 Å². The van der Waals surface area contributed by atoms with Gasteiger partial charge in [-0.1, -0.05) is 6.92 Å². The van der Waals surface area contributed by atoms with Crippen LogP contribution in [0.2, 0.25) is 0 Å². The zero-order valence-electron chi connectivity index (χ0n) is 8.79. The van der Waals surface area contributed by atoms with Gasteiger partial charge in [-0.2, -0.15) is 0 Å². The van der Waals surface area contributed by atoms with E-state index in [1.54, 1.807) is 0 Å². The van der Waals surface area contributed by atoms with Crippen molar-refractivity contribution in [1.29, 1.82) is 0 Å². The zero-order valence-corrected chi connectivity index (χ0v) is 8.79. The summed E-state index contributed by atoms with van der Waals surface area (Å²) < 4.78 is 0. The summed E-state index contributed by atoms with van der Waals surface area (Å²) in [7, 11) is 2.12. The van der Waals surface area contributed by atoms with E-state index in [0.717, 1.165) is 19.4 Å². The molecule has 3 heteroatoms. The van der Waals surface area contributed by atoms with Crippen molar-refractivity contribution in [2.45, 2.75) is 31.7 Å². The molecule has 1 heterocycles. The van der Waals surface area contributed by atoms with Crippen molar-refractivity contribution in [1.82, 2.24) is 4.90 Å². The van der Waals surface area contributed by atoms with E-state index in [1.807, 2.05) is 0 Å². The van der Waals surface area contributed by atoms with Gasteiger partial charge in [-0.3, -0.25) is 0 Å². The van der Waals surface area contributed by atoms with E-state index in [2.05, 4.69) is 18.9 Å². The first-order chi connectivity index (χ1) is 6.12. The molecule has 1 saturated heterocycles. The van der Waals surface area contributed by atoms with E-state index >= 15 is 0 Å². The van der Waals surface area contributed by atoms with Crippen molar-refractivity contribution in [2.75, 3.05) is 26.7 Å². The van der Waals surface area contributed by atoms with Crippen LogP contribution >= 0.6 is 0 Å². The van der Waals surface area contributed by atoms with Gasteiger partial charge in [0.15, 0.2) is 0 Å². The number of rotatable bonds is 3. The Kier molecular flexibility index (Phi) is 3.71. The quantitative estimate of drug-likeness (QED) is 0.672. The molecule has 0 radical (unpaired) electrons. The molecule has 0 amide bonds. The van der Waals surface area contributed by atoms with Crippen LogP contribution in [0, 0.1) is 5.92 Å². The number of nitrogens with zero attached hydrogens (tertiary/aromatic N) is 1. The molecular weight excluding hydrogens is 164 g/mol. The summed E-state index contributed by atoms with van der Waals surface area (Å²) in [5, 5.41) is 9.28. The van der Waals surface area contributed by atoms with Crippen molar-refractivity contribution in [3.63, 3.8) is 0 Å². The summed E-state index contributed by atoms with van der Waals surface area (Å²) in [5.41, 5.74) is 5.80. The van der Waals surface area contributed by atoms with Gasteiger partial charge in [-0.15, -0.1) is 0 Å². The first-order valence-electron chi connectivity index (χ1n) is 5.20. The lowest BCUT2D eigenvalue weighted by atomic mass is 9.78. The normalized spacial score (nSPS) is 30.0. The number of likely N-dealkylation sites (tertiary alicyclic amines) is 1. The summed E-state index contributed by atoms with van der Waals surface area (Å²) in [6, 6.07) is 0. The van der Waals surface area contributed by atoms with Crippen molar-refractivity contribution in [2.24, 2.45) is 11.7 Å². The van der Waals surface area contributed by atoms with Crippen LogP contribution in [0.3, 0.4) is 0 Å². The number of aliphatic hydroxyl groups is 1. The van der Waals surface area contributed by atoms with Crippen molar-refractivity contribution in [3.8, 4) is 0 Å². The van der Waals surface area contributed by atoms with E-state index < -0.39 is 0 Å². The number of nitrogens with two attached hydrogens (primary N) is 1. The third-order valence-corrected chi connectivity index (χ3v) is 3.39. The van der Waals surface area contributed by atoms with Gasteiger partial charge in [0.1, 0.15) is 0 Å². The van der Waals surface area contributed by atoms with Crippen molar-refractivity contribution in [3.05, 3.63) is 0 Å². The van der Waals surface area contributed by atoms with Gasteiger partial charge < -0.3 is 15.7 Å². The fourth-order valence-electron chi connectivity index (χ4n) is 2.17. The lowest BCUT2D eigenvalue weighted by molar-refractivity contribution is 0.0816. The summed E-state index contributed by atoms with van der Waals surface area (Å²) in [6.45, 7) is 4.37. The van der Waals surface area contributed by atoms with Crippen LogP contribution in [0.15, 0.2) is 0 Å². The van der Waals surface area contributed by atoms with Crippen LogP contribution in [0.5, 0.6) is 0 Å². The Morgan fingerprint density at radius 3 is 2.77 bits per heavy atom. The molecule has 3 nitrogen and oxygen atoms in total. The highest BCUT2D eigenvalue weighted by Gasteiger charge is 2.34. The SMILES string of the molecule is CCC(N)(CO)C1CCCN(C)C1. The molecule has 0 bridgehead atoms. The van der Waals surface area contributed by atoms with Crippen LogP contribution < -0.4 is 5.73 Å². The highest BCUT2D eigenvalue weighted by Crippen LogP contribution is 2.26. The first-order valence-corrected chi connectivity index (χ1v) is 5.20. The second-order valence-corrected chi connectivity index (χ2v) is 4.35. The highest BCUT2D eigenvalue weighted by molar-refractivity contribution is 4.92. The summed E-state index contributed by atoms with van der Waals surface area (Å²) in [4.78, 5) is 2.31. The van der Waals surface area contributed by atoms with E-state index in [9.17, 15) is 5.11 Å². The Hall–Kier alpha value is -0.120. The predicted octanol–water partition coefficient (Wildman–Crippen LogP) is 0.428. The van der Waals surface area contributed by atoms with Gasteiger partial charge >= 0.3 is 0 Å². The maximum atomic E-state index is 9.28. The fourth-order valence-corrected chi connectivity index (χ4v) is 2.17. The van der Waals surface area contributed by atoms with Crippen LogP contribution in [0.4, 0.5) is 0 Å². The van der Waals surface area contributed by atoms with Gasteiger partial charge in [-0.25, -0.2) is 0 Å². The summed E-state index contributed by atoms with van der Waals surface area (Å²) in [6.07, 6.45) is 3.23. The largest absolute Gasteiger partial charge is 0.394 e. The van der Waals surface area contributed by atoms with Gasteiger partial charge in [0.05, 0.1) is 6.61 Å². The van der Waals surface area contributed by atoms with Crippen LogP contribution in [0.1, 0.15) is 26.2 Å². The van der Waals surface area contributed by atoms with Crippen LogP contribution in [-0.4, -0.2) is 42.3 Å². The standard InChI is InChI=1S/C10H22N2O/c1-3-10(11,8-13)9-5-4-6-12(2)7-9/h9,13H,3-8,11H2,1-2H3. The fraction of sp³-hybridized carbons (Fsp3) is 1.00. The molecule has 1 rings (SSSR count). The molecule has 0 spiro atoms. The molecular formula is C10H22N2O. The highest BCUT2D eigenvalue weighted by atomic mass is 16.3. The maximum Gasteiger partial charge on any atom is 0.0614 e. The third-order valence-electron chi connectivity index (χ3n) is 3.39. The number of piperidine rings is 1. The first kappa shape index (κ1) is 11.0. The average molecular weight is 186 g/mol. The minimum Gasteiger partial charge on any atom is -0.394 e. The van der Waals surface area contributed by atoms with E-state index in [-0.39, 0.29) is 12.1 Å². The summed E-state index contributed by atoms with van der Waals surface area (Å²) in [5.74, 6) is 0.459. The molecule has 0 aromatic carbocycles. The van der Waals surface area contributed by atoms with Gasteiger partial charge in [0.25, 0.3) is 0 Å². The minimum absolute atomic E-state index is 0.113. The predicted molar refractivity (Wildman–Crippen MR) is 54.5 cm³/mol. The molecule has 1 fully saturated rings. The van der Waals surface area contributed by atoms with E-state index in [1.165, 1.54) is 13.0 Å². The van der Waals surface area contributed by atoms with Crippen molar-refractivity contribution < 1.29 is 5.11 Å². The Bertz CT molecular complexity index is 157. The molecule has 0 aliphatic carbocycles. The number of aliphatic hydroxyl groups excluding tert-OH is 1. The average Bonchev–Trinajstić information content (AvgIpc) is 2.17. The smallest absolute Gasteiger partial charge is 0.0614 e. The lowest BCUT2D eigenvalue weighted by Gasteiger charge is -2.40. The van der Waals surface area contributed by atoms with Crippen LogP contribution in [0.25, 0.3) is 0 Å². The van der Waals surface area contributed by atoms with Gasteiger partial charge in [0.2, 0.25) is 0 Å².